The summed E-state index contributed by atoms with van der Waals surface area (Å²) < 4.78 is 0. The second-order valence-electron chi connectivity index (χ2n) is 1.74. The van der Waals surface area contributed by atoms with E-state index in [0.717, 1.165) is 12.7 Å². The molecule has 0 heterocycles. The quantitative estimate of drug-likeness (QED) is 0.399. The highest BCUT2D eigenvalue weighted by Crippen LogP contribution is 1.99. The molecule has 0 aliphatic carbocycles. The van der Waals surface area contributed by atoms with Crippen LogP contribution in [0.4, 0.5) is 0 Å². The van der Waals surface area contributed by atoms with Gasteiger partial charge in [0, 0.05) is 0 Å². The first-order valence-electron chi connectivity index (χ1n) is 3.06. The molecule has 6 heteroatoms. The lowest BCUT2D eigenvalue weighted by atomic mass is 10.2. The summed E-state index contributed by atoms with van der Waals surface area (Å²) in [5.41, 5.74) is 9.92. The lowest BCUT2D eigenvalue weighted by Gasteiger charge is -2.03. The normalized spacial score (nSPS) is 15.5. The van der Waals surface area contributed by atoms with E-state index in [0.29, 0.717) is 0 Å². The highest BCUT2D eigenvalue weighted by molar-refractivity contribution is 5.54. The molecule has 0 aromatic carbocycles. The van der Waals surface area contributed by atoms with Gasteiger partial charge in [0.1, 0.15) is 0 Å². The minimum absolute atomic E-state index is 0.889. The van der Waals surface area contributed by atoms with Crippen molar-refractivity contribution in [3.8, 4) is 12.1 Å². The molecular weight excluding hydrogens is 156 g/mol. The van der Waals surface area contributed by atoms with Crippen molar-refractivity contribution in [1.82, 2.24) is 0 Å². The molecule has 2 atom stereocenters. The van der Waals surface area contributed by atoms with Crippen molar-refractivity contribution >= 4 is 12.7 Å². The van der Waals surface area contributed by atoms with Crippen molar-refractivity contribution in [3.05, 3.63) is 0 Å². The van der Waals surface area contributed by atoms with Gasteiger partial charge in [-0.1, -0.05) is 0 Å². The van der Waals surface area contributed by atoms with Crippen LogP contribution in [-0.4, -0.2) is 24.8 Å². The van der Waals surface area contributed by atoms with E-state index in [1.165, 1.54) is 0 Å². The number of nitrogens with zero attached hydrogens (tertiary/aromatic N) is 4. The molecule has 0 radical (unpaired) electrons. The van der Waals surface area contributed by atoms with Crippen molar-refractivity contribution in [1.29, 1.82) is 10.5 Å². The number of nitriles is 2. The molecule has 0 spiro atoms. The fourth-order valence-electron chi connectivity index (χ4n) is 0.556. The first-order valence-corrected chi connectivity index (χ1v) is 3.06. The molecule has 0 saturated carbocycles. The molecule has 0 aromatic heterocycles. The summed E-state index contributed by atoms with van der Waals surface area (Å²) in [5.74, 6) is 0. The Morgan fingerprint density at radius 1 is 1.00 bits per heavy atom. The van der Waals surface area contributed by atoms with Crippen LogP contribution in [0.15, 0.2) is 9.98 Å². The van der Waals surface area contributed by atoms with Crippen LogP contribution in [0.2, 0.25) is 0 Å². The molecule has 0 aromatic rings. The molecule has 62 valence electrons. The van der Waals surface area contributed by atoms with Crippen LogP contribution in [0.5, 0.6) is 0 Å². The second kappa shape index (κ2) is 5.69. The Bertz CT molecular complexity index is 226. The summed E-state index contributed by atoms with van der Waals surface area (Å²) >= 11 is 0. The van der Waals surface area contributed by atoms with E-state index >= 15 is 0 Å². The van der Waals surface area contributed by atoms with Crippen molar-refractivity contribution in [2.45, 2.75) is 12.1 Å². The molecule has 0 aliphatic heterocycles. The maximum Gasteiger partial charge on any atom is 0.173 e. The van der Waals surface area contributed by atoms with Gasteiger partial charge < -0.3 is 11.5 Å². The minimum Gasteiger partial charge on any atom is -0.390 e. The number of rotatable bonds is 3. The summed E-state index contributed by atoms with van der Waals surface area (Å²) in [7, 11) is 0. The van der Waals surface area contributed by atoms with Crippen LogP contribution in [0.1, 0.15) is 0 Å². The van der Waals surface area contributed by atoms with E-state index in [1.807, 2.05) is 0 Å². The standard InChI is InChI=1S/C6H8N6/c7-1-5(11-3-9)6(2-8)12-4-10/h3-6H,(H2,9,11)(H2,10,12). The molecule has 0 amide bonds. The smallest absolute Gasteiger partial charge is 0.173 e. The van der Waals surface area contributed by atoms with Crippen molar-refractivity contribution in [2.75, 3.05) is 0 Å². The Balaban J connectivity index is 4.49. The van der Waals surface area contributed by atoms with Crippen LogP contribution in [0.25, 0.3) is 0 Å². The summed E-state index contributed by atoms with van der Waals surface area (Å²) in [6.45, 7) is 0. The lowest BCUT2D eigenvalue weighted by molar-refractivity contribution is 0.735. The highest BCUT2D eigenvalue weighted by Gasteiger charge is 2.17. The number of nitrogens with two attached hydrogens (primary N) is 2. The average Bonchev–Trinajstić information content (AvgIpc) is 2.11. The minimum atomic E-state index is -0.889. The molecule has 0 rings (SSSR count). The predicted octanol–water partition coefficient (Wildman–Crippen LogP) is -1.26. The van der Waals surface area contributed by atoms with Gasteiger partial charge in [0.05, 0.1) is 24.8 Å². The zero-order valence-corrected chi connectivity index (χ0v) is 6.25. The van der Waals surface area contributed by atoms with Gasteiger partial charge >= 0.3 is 0 Å². The van der Waals surface area contributed by atoms with E-state index in [9.17, 15) is 0 Å². The number of aliphatic imine (C=N–C) groups is 2. The summed E-state index contributed by atoms with van der Waals surface area (Å²) in [5, 5.41) is 17.0. The van der Waals surface area contributed by atoms with Crippen LogP contribution < -0.4 is 11.5 Å². The third-order valence-electron chi connectivity index (χ3n) is 1.06. The third-order valence-corrected chi connectivity index (χ3v) is 1.06. The Labute approximate surface area is 69.8 Å². The molecule has 2 unspecified atom stereocenters. The molecule has 0 bridgehead atoms. The van der Waals surface area contributed by atoms with E-state index < -0.39 is 12.1 Å². The number of hydrogen-bond donors (Lipinski definition) is 2. The van der Waals surface area contributed by atoms with Gasteiger partial charge in [-0.25, -0.2) is 0 Å². The van der Waals surface area contributed by atoms with Gasteiger partial charge in [-0.2, -0.15) is 10.5 Å². The van der Waals surface area contributed by atoms with Crippen LogP contribution >= 0.6 is 0 Å². The first kappa shape index (κ1) is 9.92. The Morgan fingerprint density at radius 3 is 1.50 bits per heavy atom. The predicted molar refractivity (Wildman–Crippen MR) is 44.2 cm³/mol. The molecule has 12 heavy (non-hydrogen) atoms. The average molecular weight is 164 g/mol. The largest absolute Gasteiger partial charge is 0.390 e. The zero-order chi connectivity index (χ0) is 9.40. The zero-order valence-electron chi connectivity index (χ0n) is 6.25. The first-order chi connectivity index (χ1) is 5.79. The van der Waals surface area contributed by atoms with Gasteiger partial charge in [-0.3, -0.25) is 9.98 Å². The fraction of sp³-hybridized carbons (Fsp3) is 0.333. The monoisotopic (exact) mass is 164 g/mol. The molecule has 0 fully saturated rings. The molecule has 4 N–H and O–H groups in total. The van der Waals surface area contributed by atoms with Crippen LogP contribution in [0, 0.1) is 22.7 Å². The SMILES string of the molecule is N#CC(N=CN)C(C#N)N=CN. The van der Waals surface area contributed by atoms with E-state index in [-0.39, 0.29) is 0 Å². The fourth-order valence-corrected chi connectivity index (χ4v) is 0.556. The molecule has 0 saturated heterocycles. The van der Waals surface area contributed by atoms with Crippen molar-refractivity contribution < 1.29 is 0 Å². The van der Waals surface area contributed by atoms with Crippen LogP contribution in [-0.2, 0) is 0 Å². The van der Waals surface area contributed by atoms with Gasteiger partial charge in [-0.05, 0) is 0 Å². The maximum absolute atomic E-state index is 8.50. The topological polar surface area (TPSA) is 124 Å². The van der Waals surface area contributed by atoms with Gasteiger partial charge in [0.2, 0.25) is 0 Å². The summed E-state index contributed by atoms with van der Waals surface area (Å²) in [6.07, 6.45) is 1.93. The highest BCUT2D eigenvalue weighted by atomic mass is 14.9. The summed E-state index contributed by atoms with van der Waals surface area (Å²) in [6, 6.07) is 1.76. The summed E-state index contributed by atoms with van der Waals surface area (Å²) in [4.78, 5) is 7.06. The Morgan fingerprint density at radius 2 is 1.33 bits per heavy atom. The Hall–Kier alpha value is -2.08. The second-order valence-corrected chi connectivity index (χ2v) is 1.74. The van der Waals surface area contributed by atoms with Crippen LogP contribution in [0.3, 0.4) is 0 Å². The van der Waals surface area contributed by atoms with Crippen molar-refractivity contribution in [2.24, 2.45) is 21.5 Å². The molecule has 6 nitrogen and oxygen atoms in total. The third kappa shape index (κ3) is 2.67. The Kier molecular flexibility index (Phi) is 4.70. The number of hydrogen-bond acceptors (Lipinski definition) is 4. The van der Waals surface area contributed by atoms with Gasteiger partial charge in [-0.15, -0.1) is 0 Å². The van der Waals surface area contributed by atoms with Crippen molar-refractivity contribution in [3.63, 3.8) is 0 Å². The van der Waals surface area contributed by atoms with E-state index in [1.54, 1.807) is 12.1 Å². The van der Waals surface area contributed by atoms with E-state index in [4.69, 9.17) is 22.0 Å². The maximum atomic E-state index is 8.50. The molecular formula is C6H8N6. The molecule has 0 aliphatic rings. The van der Waals surface area contributed by atoms with Gasteiger partial charge in [0.25, 0.3) is 0 Å². The van der Waals surface area contributed by atoms with Gasteiger partial charge in [0.15, 0.2) is 12.1 Å². The van der Waals surface area contributed by atoms with E-state index in [2.05, 4.69) is 9.98 Å². The lowest BCUT2D eigenvalue weighted by Crippen LogP contribution is -2.21.